The fourth-order valence-corrected chi connectivity index (χ4v) is 9.35. The maximum Gasteiger partial charge on any atom is 0.421 e. The van der Waals surface area contributed by atoms with Crippen LogP contribution >= 0.6 is 0 Å². The summed E-state index contributed by atoms with van der Waals surface area (Å²) in [6, 6.07) is 14.5. The van der Waals surface area contributed by atoms with Crippen molar-refractivity contribution >= 4 is 57.9 Å². The minimum atomic E-state index is -0.610. The lowest BCUT2D eigenvalue weighted by molar-refractivity contribution is 0.0262. The second-order valence-corrected chi connectivity index (χ2v) is 21.7. The van der Waals surface area contributed by atoms with Crippen molar-refractivity contribution in [2.75, 3.05) is 69.3 Å². The van der Waals surface area contributed by atoms with Crippen molar-refractivity contribution in [3.05, 3.63) is 107 Å². The SMILES string of the molecule is CC(C)(C)OC(=O)N1CCCN(c2ccc3ncn(C(=O)OC(C)(C)C)c3n2)CC1.COC(=O)c1ccnc(-c2c(C)nn(C)c2C)c1.Cc1nn(C)c(C)c1-c1cc(C(=O)c2nc3nc(N4CCCNCC4)ccc3[nH]2)ccn1. The molecule has 0 spiro atoms. The highest BCUT2D eigenvalue weighted by Gasteiger charge is 2.27. The molecular weight excluding hydrogens is 1020 g/mol. The molecule has 23 nitrogen and oxygen atoms in total. The number of aryl methyl sites for hydroxylation is 4. The van der Waals surface area contributed by atoms with Gasteiger partial charge in [-0.1, -0.05) is 0 Å². The number of anilines is 2. The number of aromatic amines is 1. The fourth-order valence-electron chi connectivity index (χ4n) is 9.35. The second kappa shape index (κ2) is 24.2. The number of esters is 1. The van der Waals surface area contributed by atoms with Crippen molar-refractivity contribution in [2.24, 2.45) is 14.1 Å². The molecule has 2 N–H and O–H groups in total. The first-order valence-corrected chi connectivity index (χ1v) is 26.7. The lowest BCUT2D eigenvalue weighted by atomic mass is 10.1. The van der Waals surface area contributed by atoms with E-state index in [1.807, 2.05) is 112 Å². The summed E-state index contributed by atoms with van der Waals surface area (Å²) in [5.74, 6) is 1.35. The highest BCUT2D eigenvalue weighted by atomic mass is 16.6. The molecule has 0 saturated carbocycles. The van der Waals surface area contributed by atoms with Gasteiger partial charge in [-0.25, -0.2) is 38.9 Å². The zero-order valence-electron chi connectivity index (χ0n) is 48.0. The molecule has 0 radical (unpaired) electrons. The molecule has 2 fully saturated rings. The predicted octanol–water partition coefficient (Wildman–Crippen LogP) is 7.95. The van der Waals surface area contributed by atoms with Crippen molar-refractivity contribution < 1.29 is 33.4 Å². The molecule has 2 saturated heterocycles. The van der Waals surface area contributed by atoms with Gasteiger partial charge in [0.1, 0.15) is 34.7 Å². The quantitative estimate of drug-likeness (QED) is 0.0872. The van der Waals surface area contributed by atoms with Gasteiger partial charge in [0.2, 0.25) is 5.78 Å². The minimum Gasteiger partial charge on any atom is -0.465 e. The van der Waals surface area contributed by atoms with Gasteiger partial charge in [0, 0.05) is 100 Å². The van der Waals surface area contributed by atoms with E-state index in [0.29, 0.717) is 47.6 Å². The maximum absolute atomic E-state index is 13.2. The van der Waals surface area contributed by atoms with Crippen molar-refractivity contribution in [1.82, 2.24) is 69.2 Å². The molecule has 0 bridgehead atoms. The summed E-state index contributed by atoms with van der Waals surface area (Å²) in [6.45, 7) is 25.2. The van der Waals surface area contributed by atoms with Crippen LogP contribution in [0.25, 0.3) is 44.8 Å². The van der Waals surface area contributed by atoms with Crippen molar-refractivity contribution in [3.8, 4) is 22.5 Å². The molecule has 0 unspecified atom stereocenters. The molecule has 8 aromatic heterocycles. The molecule has 23 heteroatoms. The average Bonchev–Trinajstić information content (AvgIpc) is 4.06. The van der Waals surface area contributed by atoms with Gasteiger partial charge in [-0.3, -0.25) is 24.1 Å². The molecule has 0 atom stereocenters. The Labute approximate surface area is 465 Å². The van der Waals surface area contributed by atoms with Crippen LogP contribution in [-0.4, -0.2) is 159 Å². The first-order chi connectivity index (χ1) is 38.0. The summed E-state index contributed by atoms with van der Waals surface area (Å²) in [7, 11) is 5.15. The summed E-state index contributed by atoms with van der Waals surface area (Å²) < 4.78 is 20.6. The summed E-state index contributed by atoms with van der Waals surface area (Å²) in [4.78, 5) is 85.8. The molecule has 80 heavy (non-hydrogen) atoms. The number of nitrogens with one attached hydrogen (secondary N) is 2. The van der Waals surface area contributed by atoms with Gasteiger partial charge in [0.15, 0.2) is 17.1 Å². The first-order valence-electron chi connectivity index (χ1n) is 26.7. The third-order valence-corrected chi connectivity index (χ3v) is 13.4. The molecule has 2 aliphatic heterocycles. The van der Waals surface area contributed by atoms with Gasteiger partial charge in [-0.15, -0.1) is 0 Å². The number of H-pyrrole nitrogens is 1. The molecular formula is C57H72N16O7. The Morgan fingerprint density at radius 1 is 0.613 bits per heavy atom. The van der Waals surface area contributed by atoms with Gasteiger partial charge in [0.25, 0.3) is 0 Å². The van der Waals surface area contributed by atoms with Crippen molar-refractivity contribution in [3.63, 3.8) is 0 Å². The monoisotopic (exact) mass is 1090 g/mol. The van der Waals surface area contributed by atoms with Gasteiger partial charge < -0.3 is 39.2 Å². The highest BCUT2D eigenvalue weighted by Crippen LogP contribution is 2.28. The van der Waals surface area contributed by atoms with Gasteiger partial charge in [-0.05, 0) is 137 Å². The number of nitrogens with zero attached hydrogens (tertiary/aromatic N) is 14. The molecule has 1 amide bonds. The van der Waals surface area contributed by atoms with Crippen LogP contribution in [0.4, 0.5) is 21.2 Å². The van der Waals surface area contributed by atoms with Gasteiger partial charge in [0.05, 0.1) is 41.0 Å². The third kappa shape index (κ3) is 13.6. The third-order valence-electron chi connectivity index (χ3n) is 13.4. The highest BCUT2D eigenvalue weighted by molar-refractivity contribution is 6.08. The number of rotatable bonds is 7. The largest absolute Gasteiger partial charge is 0.465 e. The Morgan fingerprint density at radius 2 is 1.20 bits per heavy atom. The molecule has 2 aliphatic rings. The molecule has 10 heterocycles. The van der Waals surface area contributed by atoms with E-state index in [1.165, 1.54) is 18.0 Å². The van der Waals surface area contributed by atoms with E-state index in [4.69, 9.17) is 19.2 Å². The Morgan fingerprint density at radius 3 is 1.82 bits per heavy atom. The number of ether oxygens (including phenoxy) is 3. The number of fused-ring (bicyclic) bond motifs is 2. The number of pyridine rings is 4. The number of imidazole rings is 2. The van der Waals surface area contributed by atoms with Crippen molar-refractivity contribution in [2.45, 2.75) is 93.3 Å². The van der Waals surface area contributed by atoms with E-state index < -0.39 is 17.3 Å². The summed E-state index contributed by atoms with van der Waals surface area (Å²) >= 11 is 0. The first kappa shape index (κ1) is 57.6. The molecule has 0 aromatic carbocycles. The van der Waals surface area contributed by atoms with Gasteiger partial charge in [-0.2, -0.15) is 10.2 Å². The van der Waals surface area contributed by atoms with Crippen molar-refractivity contribution in [1.29, 1.82) is 0 Å². The number of hydrogen-bond acceptors (Lipinski definition) is 18. The van der Waals surface area contributed by atoms with Crippen LogP contribution in [0.3, 0.4) is 0 Å². The Kier molecular flexibility index (Phi) is 17.4. The van der Waals surface area contributed by atoms with E-state index in [0.717, 1.165) is 108 Å². The minimum absolute atomic E-state index is 0.189. The number of methoxy groups -OCH3 is 1. The zero-order valence-corrected chi connectivity index (χ0v) is 48.0. The second-order valence-electron chi connectivity index (χ2n) is 21.7. The summed E-state index contributed by atoms with van der Waals surface area (Å²) in [5, 5.41) is 12.2. The Balaban J connectivity index is 0.000000164. The standard InChI is InChI=1S/C23H26N8O.C21H31N5O4.C13H15N3O2/c1-14-20(15(2)30(3)29-14)18-13-16(7-9-25-18)21(32)23-26-17-5-6-19(27-22(17)28-23)31-11-4-8-24-10-12-31;1-20(2,3)29-18(27)25-11-7-10-24(12-13-25)16-9-8-15-17(23-16)26(14-22-15)19(28)30-21(4,5)6;1-8-12(9(2)16(3)15-8)11-7-10(5-6-14-11)13(17)18-4/h5-7,9,13,24H,4,8,10-12H2,1-3H3,(H,26,27,28);8-9,14H,7,10-13H2,1-6H3;5-7H,1-4H3. The van der Waals surface area contributed by atoms with E-state index in [-0.39, 0.29) is 23.7 Å². The molecule has 0 aliphatic carbocycles. The van der Waals surface area contributed by atoms with E-state index in [9.17, 15) is 19.2 Å². The van der Waals surface area contributed by atoms with Crippen LogP contribution in [0, 0.1) is 27.7 Å². The predicted molar refractivity (Wildman–Crippen MR) is 304 cm³/mol. The topological polar surface area (TPSA) is 251 Å². The molecule has 10 rings (SSSR count). The van der Waals surface area contributed by atoms with E-state index in [1.54, 1.807) is 46.2 Å². The van der Waals surface area contributed by atoms with Crippen LogP contribution < -0.4 is 15.1 Å². The average molecular weight is 1090 g/mol. The number of carbonyl (C=O) groups is 4. The lowest BCUT2D eigenvalue weighted by Crippen LogP contribution is -2.39. The number of aromatic nitrogens is 12. The Hall–Kier alpha value is -8.60. The number of hydrogen-bond donors (Lipinski definition) is 2. The molecule has 8 aromatic rings. The van der Waals surface area contributed by atoms with E-state index >= 15 is 0 Å². The van der Waals surface area contributed by atoms with Crippen LogP contribution in [0.15, 0.2) is 67.3 Å². The maximum atomic E-state index is 13.2. The smallest absolute Gasteiger partial charge is 0.421 e. The summed E-state index contributed by atoms with van der Waals surface area (Å²) in [5.41, 5.74) is 9.43. The van der Waals surface area contributed by atoms with Crippen LogP contribution in [0.5, 0.6) is 0 Å². The van der Waals surface area contributed by atoms with Crippen LogP contribution in [0.2, 0.25) is 0 Å². The summed E-state index contributed by atoms with van der Waals surface area (Å²) in [6.07, 6.45) is 5.75. The van der Waals surface area contributed by atoms with Gasteiger partial charge >= 0.3 is 18.2 Å². The number of carbonyl (C=O) groups excluding carboxylic acids is 4. The number of amides is 1. The zero-order chi connectivity index (χ0) is 57.6. The van der Waals surface area contributed by atoms with Crippen LogP contribution in [-0.2, 0) is 28.3 Å². The number of ketones is 1. The lowest BCUT2D eigenvalue weighted by Gasteiger charge is -2.26. The van der Waals surface area contributed by atoms with Crippen LogP contribution in [0.1, 0.15) is 104 Å². The normalized spacial score (nSPS) is 14.1. The Bertz CT molecular complexity index is 3540. The molecule has 422 valence electrons. The fraction of sp³-hybridized carbons (Fsp3) is 0.439. The van der Waals surface area contributed by atoms with E-state index in [2.05, 4.69) is 55.2 Å².